The second kappa shape index (κ2) is 6.82. The molecule has 8 heteroatoms. The van der Waals surface area contributed by atoms with Gasteiger partial charge in [0.1, 0.15) is 11.6 Å². The molecule has 0 spiro atoms. The predicted molar refractivity (Wildman–Crippen MR) is 84.0 cm³/mol. The molecule has 0 aliphatic carbocycles. The first kappa shape index (κ1) is 17.7. The summed E-state index contributed by atoms with van der Waals surface area (Å²) in [6.07, 6.45) is 0. The van der Waals surface area contributed by atoms with Gasteiger partial charge in [0, 0.05) is 11.1 Å². The van der Waals surface area contributed by atoms with E-state index in [4.69, 9.17) is 11.6 Å². The predicted octanol–water partition coefficient (Wildman–Crippen LogP) is 3.19. The van der Waals surface area contributed by atoms with Crippen LogP contribution in [0.2, 0.25) is 5.02 Å². The zero-order chi connectivity index (χ0) is 17.2. The Morgan fingerprint density at radius 3 is 2.35 bits per heavy atom. The molecule has 0 saturated heterocycles. The van der Waals surface area contributed by atoms with Crippen LogP contribution in [0, 0.1) is 11.6 Å². The summed E-state index contributed by atoms with van der Waals surface area (Å²) in [5, 5.41) is 9.67. The Kier molecular flexibility index (Phi) is 5.23. The quantitative estimate of drug-likeness (QED) is 0.889. The van der Waals surface area contributed by atoms with Crippen molar-refractivity contribution in [3.8, 4) is 0 Å². The lowest BCUT2D eigenvalue weighted by Crippen LogP contribution is -2.41. The fourth-order valence-corrected chi connectivity index (χ4v) is 3.83. The van der Waals surface area contributed by atoms with E-state index >= 15 is 0 Å². The van der Waals surface area contributed by atoms with Crippen molar-refractivity contribution in [2.75, 3.05) is 10.9 Å². The standard InChI is InChI=1S/C15H14ClF2NO3S/c1-10(9-20)19(15-8-12(17)4-7-14(15)18)23(21,22)13-5-2-11(16)3-6-13/h2-8,10,20H,9H2,1H3/t10-/m0/s1. The van der Waals surface area contributed by atoms with Gasteiger partial charge in [-0.25, -0.2) is 17.2 Å². The van der Waals surface area contributed by atoms with Crippen LogP contribution in [0.3, 0.4) is 0 Å². The van der Waals surface area contributed by atoms with Gasteiger partial charge < -0.3 is 5.11 Å². The summed E-state index contributed by atoms with van der Waals surface area (Å²) in [5.74, 6) is -1.70. The zero-order valence-electron chi connectivity index (χ0n) is 12.1. The molecule has 0 aromatic heterocycles. The number of anilines is 1. The fraction of sp³-hybridized carbons (Fsp3) is 0.200. The monoisotopic (exact) mass is 361 g/mol. The smallest absolute Gasteiger partial charge is 0.264 e. The van der Waals surface area contributed by atoms with Crippen LogP contribution in [0.1, 0.15) is 6.92 Å². The SMILES string of the molecule is C[C@@H](CO)N(c1cc(F)ccc1F)S(=O)(=O)c1ccc(Cl)cc1. The fourth-order valence-electron chi connectivity index (χ4n) is 2.05. The lowest BCUT2D eigenvalue weighted by molar-refractivity contribution is 0.274. The average Bonchev–Trinajstić information content (AvgIpc) is 2.51. The van der Waals surface area contributed by atoms with Crippen LogP contribution in [-0.4, -0.2) is 26.2 Å². The molecular weight excluding hydrogens is 348 g/mol. The number of nitrogens with zero attached hydrogens (tertiary/aromatic N) is 1. The Hall–Kier alpha value is -1.70. The number of halogens is 3. The van der Waals surface area contributed by atoms with Crippen molar-refractivity contribution in [3.63, 3.8) is 0 Å². The second-order valence-electron chi connectivity index (χ2n) is 4.88. The van der Waals surface area contributed by atoms with E-state index in [1.165, 1.54) is 31.2 Å². The first-order chi connectivity index (χ1) is 10.8. The molecule has 0 saturated carbocycles. The maximum absolute atomic E-state index is 14.1. The lowest BCUT2D eigenvalue weighted by Gasteiger charge is -2.29. The van der Waals surface area contributed by atoms with Crippen molar-refractivity contribution >= 4 is 27.3 Å². The van der Waals surface area contributed by atoms with Gasteiger partial charge in [0.2, 0.25) is 0 Å². The van der Waals surface area contributed by atoms with Gasteiger partial charge in [-0.05, 0) is 43.3 Å². The minimum absolute atomic E-state index is 0.147. The summed E-state index contributed by atoms with van der Waals surface area (Å²) in [4.78, 5) is -0.147. The molecule has 2 rings (SSSR count). The molecule has 0 fully saturated rings. The normalized spacial score (nSPS) is 12.9. The molecule has 124 valence electrons. The van der Waals surface area contributed by atoms with E-state index in [1.807, 2.05) is 0 Å². The van der Waals surface area contributed by atoms with Crippen molar-refractivity contribution in [1.82, 2.24) is 0 Å². The molecule has 4 nitrogen and oxygen atoms in total. The topological polar surface area (TPSA) is 57.6 Å². The number of aliphatic hydroxyl groups excluding tert-OH is 1. The highest BCUT2D eigenvalue weighted by Gasteiger charge is 2.31. The number of sulfonamides is 1. The maximum atomic E-state index is 14.1. The molecule has 0 unspecified atom stereocenters. The molecule has 23 heavy (non-hydrogen) atoms. The van der Waals surface area contributed by atoms with Crippen molar-refractivity contribution in [2.45, 2.75) is 17.9 Å². The molecule has 0 radical (unpaired) electrons. The third-order valence-corrected chi connectivity index (χ3v) is 5.37. The van der Waals surface area contributed by atoms with Crippen molar-refractivity contribution in [2.24, 2.45) is 0 Å². The molecule has 2 aromatic rings. The molecule has 0 heterocycles. The van der Waals surface area contributed by atoms with Crippen molar-refractivity contribution in [1.29, 1.82) is 0 Å². The van der Waals surface area contributed by atoms with E-state index in [0.717, 1.165) is 18.2 Å². The van der Waals surface area contributed by atoms with Crippen molar-refractivity contribution in [3.05, 3.63) is 59.1 Å². The molecule has 2 aromatic carbocycles. The molecule has 0 amide bonds. The molecule has 1 atom stereocenters. The van der Waals surface area contributed by atoms with Gasteiger partial charge in [0.25, 0.3) is 10.0 Å². The first-order valence-electron chi connectivity index (χ1n) is 6.63. The first-order valence-corrected chi connectivity index (χ1v) is 8.45. The Balaban J connectivity index is 2.63. The van der Waals surface area contributed by atoms with Crippen LogP contribution in [0.15, 0.2) is 47.4 Å². The number of hydrogen-bond donors (Lipinski definition) is 1. The van der Waals surface area contributed by atoms with Crippen LogP contribution >= 0.6 is 11.6 Å². The van der Waals surface area contributed by atoms with Gasteiger partial charge in [-0.2, -0.15) is 0 Å². The number of hydrogen-bond acceptors (Lipinski definition) is 3. The van der Waals surface area contributed by atoms with E-state index < -0.39 is 40.0 Å². The third-order valence-electron chi connectivity index (χ3n) is 3.18. The number of aliphatic hydroxyl groups is 1. The van der Waals surface area contributed by atoms with Gasteiger partial charge in [-0.1, -0.05) is 11.6 Å². The Morgan fingerprint density at radius 2 is 1.78 bits per heavy atom. The Morgan fingerprint density at radius 1 is 1.17 bits per heavy atom. The average molecular weight is 362 g/mol. The van der Waals surface area contributed by atoms with E-state index in [1.54, 1.807) is 0 Å². The van der Waals surface area contributed by atoms with Gasteiger partial charge in [0.05, 0.1) is 23.2 Å². The minimum atomic E-state index is -4.21. The van der Waals surface area contributed by atoms with Crippen LogP contribution in [0.25, 0.3) is 0 Å². The maximum Gasteiger partial charge on any atom is 0.264 e. The second-order valence-corrected chi connectivity index (χ2v) is 7.13. The van der Waals surface area contributed by atoms with E-state index in [-0.39, 0.29) is 4.90 Å². The summed E-state index contributed by atoms with van der Waals surface area (Å²) in [7, 11) is -4.21. The van der Waals surface area contributed by atoms with Crippen molar-refractivity contribution < 1.29 is 22.3 Å². The largest absolute Gasteiger partial charge is 0.394 e. The van der Waals surface area contributed by atoms with E-state index in [2.05, 4.69) is 0 Å². The van der Waals surface area contributed by atoms with Gasteiger partial charge in [-0.3, -0.25) is 4.31 Å². The highest BCUT2D eigenvalue weighted by Crippen LogP contribution is 2.29. The lowest BCUT2D eigenvalue weighted by atomic mass is 10.2. The van der Waals surface area contributed by atoms with Crippen LogP contribution < -0.4 is 4.31 Å². The van der Waals surface area contributed by atoms with Gasteiger partial charge in [0.15, 0.2) is 0 Å². The van der Waals surface area contributed by atoms with E-state index in [9.17, 15) is 22.3 Å². The molecule has 1 N–H and O–H groups in total. The highest BCUT2D eigenvalue weighted by molar-refractivity contribution is 7.92. The summed E-state index contributed by atoms with van der Waals surface area (Å²) in [6, 6.07) is 6.75. The van der Waals surface area contributed by atoms with Gasteiger partial charge in [-0.15, -0.1) is 0 Å². The highest BCUT2D eigenvalue weighted by atomic mass is 35.5. The van der Waals surface area contributed by atoms with Crippen LogP contribution in [-0.2, 0) is 10.0 Å². The summed E-state index contributed by atoms with van der Waals surface area (Å²) < 4.78 is 53.7. The Labute approximate surface area is 138 Å². The molecule has 0 bridgehead atoms. The minimum Gasteiger partial charge on any atom is -0.394 e. The van der Waals surface area contributed by atoms with E-state index in [0.29, 0.717) is 9.33 Å². The summed E-state index contributed by atoms with van der Waals surface area (Å²) >= 11 is 5.74. The van der Waals surface area contributed by atoms with Crippen LogP contribution in [0.4, 0.5) is 14.5 Å². The number of benzene rings is 2. The number of rotatable bonds is 5. The molecule has 0 aliphatic heterocycles. The zero-order valence-corrected chi connectivity index (χ0v) is 13.7. The summed E-state index contributed by atoms with van der Waals surface area (Å²) in [6.45, 7) is 0.820. The molecule has 0 aliphatic rings. The van der Waals surface area contributed by atoms with Gasteiger partial charge >= 0.3 is 0 Å². The summed E-state index contributed by atoms with van der Waals surface area (Å²) in [5.41, 5.74) is -0.471. The third kappa shape index (κ3) is 3.63. The Bertz CT molecular complexity index is 797. The van der Waals surface area contributed by atoms with Crippen LogP contribution in [0.5, 0.6) is 0 Å². The molecular formula is C15H14ClF2NO3S.